The lowest BCUT2D eigenvalue weighted by Crippen LogP contribution is -2.18. The molecule has 3 rings (SSSR count). The molecule has 23 heavy (non-hydrogen) atoms. The molecular weight excluding hydrogens is 300 g/mol. The number of nitrogens with zero attached hydrogens (tertiary/aromatic N) is 1. The highest BCUT2D eigenvalue weighted by Crippen LogP contribution is 2.36. The topological polar surface area (TPSA) is 90.7 Å². The fourth-order valence-electron chi connectivity index (χ4n) is 2.25. The predicted octanol–water partition coefficient (Wildman–Crippen LogP) is 2.93. The number of anilines is 1. The van der Waals surface area contributed by atoms with E-state index in [1.807, 2.05) is 19.1 Å². The minimum Gasteiger partial charge on any atom is -0.486 e. The number of nitrogens with one attached hydrogen (secondary N) is 1. The Labute approximate surface area is 132 Å². The van der Waals surface area contributed by atoms with E-state index in [1.54, 1.807) is 12.1 Å². The molecule has 1 aliphatic rings. The molecule has 0 aliphatic carbocycles. The summed E-state index contributed by atoms with van der Waals surface area (Å²) in [6.07, 6.45) is 0. The molecule has 0 radical (unpaired) electrons. The smallest absolute Gasteiger partial charge is 0.286 e. The molecule has 118 valence electrons. The molecule has 1 heterocycles. The second-order valence-electron chi connectivity index (χ2n) is 5.09. The molecule has 2 aromatic rings. The standard InChI is InChI=1S/C16H14N2O5/c1-10-2-4-11(5-3-10)17-16(19)12-8-14-15(23-7-6-22-14)9-13(12)18(20)21/h2-5,8-9H,6-7H2,1H3,(H,17,19). The minimum absolute atomic E-state index is 0.0696. The number of ether oxygens (including phenoxy) is 2. The molecule has 1 N–H and O–H groups in total. The Morgan fingerprint density at radius 3 is 2.35 bits per heavy atom. The summed E-state index contributed by atoms with van der Waals surface area (Å²) >= 11 is 0. The lowest BCUT2D eigenvalue weighted by atomic mass is 10.1. The largest absolute Gasteiger partial charge is 0.486 e. The molecule has 0 fully saturated rings. The zero-order valence-electron chi connectivity index (χ0n) is 12.4. The van der Waals surface area contributed by atoms with E-state index in [9.17, 15) is 14.9 Å². The van der Waals surface area contributed by atoms with Gasteiger partial charge in [0.25, 0.3) is 11.6 Å². The second kappa shape index (κ2) is 5.96. The SMILES string of the molecule is Cc1ccc(NC(=O)c2cc3c(cc2[N+](=O)[O-])OCCO3)cc1. The first kappa shape index (κ1) is 14.8. The Morgan fingerprint density at radius 1 is 1.13 bits per heavy atom. The maximum atomic E-state index is 12.4. The number of nitro groups is 1. The summed E-state index contributed by atoms with van der Waals surface area (Å²) in [6.45, 7) is 2.58. The van der Waals surface area contributed by atoms with Crippen LogP contribution in [0.3, 0.4) is 0 Å². The van der Waals surface area contributed by atoms with Crippen LogP contribution in [0.15, 0.2) is 36.4 Å². The summed E-state index contributed by atoms with van der Waals surface area (Å²) in [4.78, 5) is 23.0. The van der Waals surface area contributed by atoms with E-state index >= 15 is 0 Å². The highest BCUT2D eigenvalue weighted by atomic mass is 16.6. The average molecular weight is 314 g/mol. The van der Waals surface area contributed by atoms with Gasteiger partial charge in [0.15, 0.2) is 11.5 Å². The maximum absolute atomic E-state index is 12.4. The van der Waals surface area contributed by atoms with E-state index in [0.717, 1.165) is 5.56 Å². The van der Waals surface area contributed by atoms with Crippen LogP contribution in [0.25, 0.3) is 0 Å². The Morgan fingerprint density at radius 2 is 1.74 bits per heavy atom. The van der Waals surface area contributed by atoms with Gasteiger partial charge in [-0.3, -0.25) is 14.9 Å². The van der Waals surface area contributed by atoms with E-state index in [0.29, 0.717) is 24.7 Å². The normalized spacial score (nSPS) is 12.6. The summed E-state index contributed by atoms with van der Waals surface area (Å²) < 4.78 is 10.7. The number of carbonyl (C=O) groups is 1. The number of amides is 1. The van der Waals surface area contributed by atoms with Crippen LogP contribution in [0, 0.1) is 17.0 Å². The van der Waals surface area contributed by atoms with Crippen LogP contribution in [0.1, 0.15) is 15.9 Å². The fourth-order valence-corrected chi connectivity index (χ4v) is 2.25. The van der Waals surface area contributed by atoms with Gasteiger partial charge in [-0.2, -0.15) is 0 Å². The second-order valence-corrected chi connectivity index (χ2v) is 5.09. The summed E-state index contributed by atoms with van der Waals surface area (Å²) in [6, 6.07) is 9.71. The average Bonchev–Trinajstić information content (AvgIpc) is 2.55. The number of aryl methyl sites for hydroxylation is 1. The van der Waals surface area contributed by atoms with Crippen LogP contribution < -0.4 is 14.8 Å². The van der Waals surface area contributed by atoms with Gasteiger partial charge >= 0.3 is 0 Å². The van der Waals surface area contributed by atoms with Crippen molar-refractivity contribution < 1.29 is 19.2 Å². The molecule has 7 nitrogen and oxygen atoms in total. The summed E-state index contributed by atoms with van der Waals surface area (Å²) in [5.74, 6) is 0.0308. The van der Waals surface area contributed by atoms with Gasteiger partial charge in [-0.15, -0.1) is 0 Å². The van der Waals surface area contributed by atoms with Gasteiger partial charge in [-0.05, 0) is 19.1 Å². The summed E-state index contributed by atoms with van der Waals surface area (Å²) in [5.41, 5.74) is 1.22. The Hall–Kier alpha value is -3.09. The highest BCUT2D eigenvalue weighted by Gasteiger charge is 2.26. The van der Waals surface area contributed by atoms with Crippen molar-refractivity contribution in [1.82, 2.24) is 0 Å². The Bertz CT molecular complexity index is 771. The lowest BCUT2D eigenvalue weighted by Gasteiger charge is -2.18. The third kappa shape index (κ3) is 3.08. The number of hydrogen-bond donors (Lipinski definition) is 1. The maximum Gasteiger partial charge on any atom is 0.286 e. The summed E-state index contributed by atoms with van der Waals surface area (Å²) in [7, 11) is 0. The molecule has 0 unspecified atom stereocenters. The fraction of sp³-hybridized carbons (Fsp3) is 0.188. The van der Waals surface area contributed by atoms with Gasteiger partial charge in [0.05, 0.1) is 11.0 Å². The molecule has 0 saturated carbocycles. The zero-order valence-corrected chi connectivity index (χ0v) is 12.4. The number of hydrogen-bond acceptors (Lipinski definition) is 5. The van der Waals surface area contributed by atoms with Crippen molar-refractivity contribution >= 4 is 17.3 Å². The van der Waals surface area contributed by atoms with E-state index in [1.165, 1.54) is 12.1 Å². The van der Waals surface area contributed by atoms with Crippen molar-refractivity contribution in [1.29, 1.82) is 0 Å². The van der Waals surface area contributed by atoms with Crippen molar-refractivity contribution in [2.45, 2.75) is 6.92 Å². The minimum atomic E-state index is -0.609. The number of rotatable bonds is 3. The molecule has 0 atom stereocenters. The van der Waals surface area contributed by atoms with Crippen molar-refractivity contribution in [3.8, 4) is 11.5 Å². The van der Waals surface area contributed by atoms with Crippen LogP contribution in [0.2, 0.25) is 0 Å². The molecule has 2 aromatic carbocycles. The number of nitro benzene ring substituents is 1. The first-order valence-corrected chi connectivity index (χ1v) is 7.00. The molecule has 1 aliphatic heterocycles. The quantitative estimate of drug-likeness (QED) is 0.695. The van der Waals surface area contributed by atoms with E-state index in [-0.39, 0.29) is 17.0 Å². The molecule has 0 saturated heterocycles. The van der Waals surface area contributed by atoms with E-state index in [2.05, 4.69) is 5.32 Å². The van der Waals surface area contributed by atoms with Gasteiger partial charge in [0, 0.05) is 11.8 Å². The Balaban J connectivity index is 1.95. The first-order valence-electron chi connectivity index (χ1n) is 7.00. The van der Waals surface area contributed by atoms with Crippen LogP contribution in [-0.4, -0.2) is 24.0 Å². The van der Waals surface area contributed by atoms with Gasteiger partial charge < -0.3 is 14.8 Å². The summed E-state index contributed by atoms with van der Waals surface area (Å²) in [5, 5.41) is 13.9. The predicted molar refractivity (Wildman–Crippen MR) is 83.2 cm³/mol. The van der Waals surface area contributed by atoms with E-state index < -0.39 is 10.8 Å². The van der Waals surface area contributed by atoms with Gasteiger partial charge in [0.2, 0.25) is 0 Å². The first-order chi connectivity index (χ1) is 11.0. The molecule has 1 amide bonds. The van der Waals surface area contributed by atoms with Crippen molar-refractivity contribution in [2.75, 3.05) is 18.5 Å². The molecular formula is C16H14N2O5. The zero-order chi connectivity index (χ0) is 16.4. The van der Waals surface area contributed by atoms with Crippen LogP contribution in [0.5, 0.6) is 11.5 Å². The molecule has 0 spiro atoms. The number of carbonyl (C=O) groups excluding carboxylic acids is 1. The third-order valence-corrected chi connectivity index (χ3v) is 3.41. The highest BCUT2D eigenvalue weighted by molar-refractivity contribution is 6.07. The van der Waals surface area contributed by atoms with Crippen LogP contribution in [0.4, 0.5) is 11.4 Å². The lowest BCUT2D eigenvalue weighted by molar-refractivity contribution is -0.385. The van der Waals surface area contributed by atoms with E-state index in [4.69, 9.17) is 9.47 Å². The number of benzene rings is 2. The number of fused-ring (bicyclic) bond motifs is 1. The molecule has 0 bridgehead atoms. The van der Waals surface area contributed by atoms with Crippen molar-refractivity contribution in [3.05, 3.63) is 57.6 Å². The van der Waals surface area contributed by atoms with Gasteiger partial charge in [0.1, 0.15) is 18.8 Å². The van der Waals surface area contributed by atoms with Gasteiger partial charge in [-0.25, -0.2) is 0 Å². The van der Waals surface area contributed by atoms with Gasteiger partial charge in [-0.1, -0.05) is 17.7 Å². The van der Waals surface area contributed by atoms with Crippen molar-refractivity contribution in [3.63, 3.8) is 0 Å². The van der Waals surface area contributed by atoms with Crippen LogP contribution in [-0.2, 0) is 0 Å². The monoisotopic (exact) mass is 314 g/mol. The Kier molecular flexibility index (Phi) is 3.84. The van der Waals surface area contributed by atoms with Crippen LogP contribution >= 0.6 is 0 Å². The molecule has 0 aromatic heterocycles. The third-order valence-electron chi connectivity index (χ3n) is 3.41. The molecule has 7 heteroatoms. The van der Waals surface area contributed by atoms with Crippen molar-refractivity contribution in [2.24, 2.45) is 0 Å².